The number of piperidine rings is 1. The Morgan fingerprint density at radius 1 is 1.00 bits per heavy atom. The molecular formula is C17H21N3O3. The predicted molar refractivity (Wildman–Crippen MR) is 83.4 cm³/mol. The van der Waals surface area contributed by atoms with Gasteiger partial charge < -0.3 is 13.9 Å². The van der Waals surface area contributed by atoms with Crippen LogP contribution in [0.5, 0.6) is 0 Å². The summed E-state index contributed by atoms with van der Waals surface area (Å²) >= 11 is 0. The van der Waals surface area contributed by atoms with Crippen molar-refractivity contribution in [3.63, 3.8) is 0 Å². The summed E-state index contributed by atoms with van der Waals surface area (Å²) < 4.78 is 17.0. The van der Waals surface area contributed by atoms with Gasteiger partial charge in [-0.2, -0.15) is 0 Å². The van der Waals surface area contributed by atoms with Crippen molar-refractivity contribution in [2.45, 2.75) is 25.7 Å². The highest BCUT2D eigenvalue weighted by molar-refractivity contribution is 5.51. The van der Waals surface area contributed by atoms with Crippen LogP contribution < -0.4 is 0 Å². The summed E-state index contributed by atoms with van der Waals surface area (Å²) in [6.07, 6.45) is 2.18. The molecule has 1 aromatic heterocycles. The van der Waals surface area contributed by atoms with Gasteiger partial charge in [0.25, 0.3) is 0 Å². The molecule has 2 aliphatic rings. The molecule has 0 radical (unpaired) electrons. The summed E-state index contributed by atoms with van der Waals surface area (Å²) in [5.41, 5.74) is 0.959. The summed E-state index contributed by atoms with van der Waals surface area (Å²) in [6, 6.07) is 9.87. The minimum atomic E-state index is 0.00485. The van der Waals surface area contributed by atoms with Gasteiger partial charge in [0.15, 0.2) is 6.29 Å². The molecule has 2 saturated heterocycles. The standard InChI is InChI=1S/C17H21N3O3/c1-2-4-13(5-3-1)16-19-18-15(23-16)12-20-8-6-14(7-9-20)17-21-10-11-22-17/h1-5,14,17H,6-12H2. The Kier molecular flexibility index (Phi) is 4.37. The molecule has 6 heteroatoms. The molecule has 122 valence electrons. The Balaban J connectivity index is 1.32. The Hall–Kier alpha value is -1.76. The molecular weight excluding hydrogens is 294 g/mol. The van der Waals surface area contributed by atoms with Gasteiger partial charge in [-0.25, -0.2) is 0 Å². The first-order valence-electron chi connectivity index (χ1n) is 8.22. The molecule has 6 nitrogen and oxygen atoms in total. The number of likely N-dealkylation sites (tertiary alicyclic amines) is 1. The van der Waals surface area contributed by atoms with Gasteiger partial charge in [0.2, 0.25) is 11.8 Å². The van der Waals surface area contributed by atoms with E-state index in [9.17, 15) is 0 Å². The van der Waals surface area contributed by atoms with E-state index in [-0.39, 0.29) is 6.29 Å². The number of nitrogens with zero attached hydrogens (tertiary/aromatic N) is 3. The van der Waals surface area contributed by atoms with Crippen LogP contribution in [0.3, 0.4) is 0 Å². The van der Waals surface area contributed by atoms with Crippen molar-refractivity contribution in [2.24, 2.45) is 5.92 Å². The maximum absolute atomic E-state index is 5.79. The molecule has 3 heterocycles. The highest BCUT2D eigenvalue weighted by Crippen LogP contribution is 2.26. The normalized spacial score (nSPS) is 21.0. The summed E-state index contributed by atoms with van der Waals surface area (Å²) in [6.45, 7) is 4.19. The minimum absolute atomic E-state index is 0.00485. The van der Waals surface area contributed by atoms with E-state index in [1.807, 2.05) is 30.3 Å². The molecule has 2 aromatic rings. The first kappa shape index (κ1) is 14.8. The molecule has 0 amide bonds. The van der Waals surface area contributed by atoms with E-state index in [0.29, 0.717) is 24.2 Å². The number of ether oxygens (including phenoxy) is 2. The first-order chi connectivity index (χ1) is 11.4. The summed E-state index contributed by atoms with van der Waals surface area (Å²) in [4.78, 5) is 2.35. The van der Waals surface area contributed by atoms with E-state index in [4.69, 9.17) is 13.9 Å². The zero-order valence-electron chi connectivity index (χ0n) is 13.1. The fourth-order valence-electron chi connectivity index (χ4n) is 3.24. The van der Waals surface area contributed by atoms with E-state index in [2.05, 4.69) is 15.1 Å². The van der Waals surface area contributed by atoms with Crippen molar-refractivity contribution >= 4 is 0 Å². The van der Waals surface area contributed by atoms with E-state index in [1.54, 1.807) is 0 Å². The predicted octanol–water partition coefficient (Wildman–Crippen LogP) is 2.32. The van der Waals surface area contributed by atoms with Crippen LogP contribution >= 0.6 is 0 Å². The Bertz CT molecular complexity index is 617. The third-order valence-electron chi connectivity index (χ3n) is 4.51. The van der Waals surface area contributed by atoms with Crippen LogP contribution in [-0.2, 0) is 16.0 Å². The molecule has 0 bridgehead atoms. The molecule has 0 N–H and O–H groups in total. The van der Waals surface area contributed by atoms with Gasteiger partial charge in [-0.3, -0.25) is 4.90 Å². The van der Waals surface area contributed by atoms with Crippen molar-refractivity contribution in [2.75, 3.05) is 26.3 Å². The van der Waals surface area contributed by atoms with Gasteiger partial charge in [0, 0.05) is 11.5 Å². The van der Waals surface area contributed by atoms with E-state index in [0.717, 1.165) is 44.7 Å². The molecule has 1 aromatic carbocycles. The van der Waals surface area contributed by atoms with Crippen molar-refractivity contribution in [1.29, 1.82) is 0 Å². The van der Waals surface area contributed by atoms with Crippen LogP contribution in [0.4, 0.5) is 0 Å². The Labute approximate surface area is 135 Å². The highest BCUT2D eigenvalue weighted by atomic mass is 16.7. The van der Waals surface area contributed by atoms with E-state index in [1.165, 1.54) is 0 Å². The second kappa shape index (κ2) is 6.78. The maximum Gasteiger partial charge on any atom is 0.247 e. The third kappa shape index (κ3) is 3.44. The van der Waals surface area contributed by atoms with Gasteiger partial charge in [-0.15, -0.1) is 10.2 Å². The molecule has 0 unspecified atom stereocenters. The molecule has 2 fully saturated rings. The van der Waals surface area contributed by atoms with Crippen LogP contribution in [0.1, 0.15) is 18.7 Å². The van der Waals surface area contributed by atoms with Gasteiger partial charge in [-0.1, -0.05) is 18.2 Å². The number of benzene rings is 1. The van der Waals surface area contributed by atoms with Gasteiger partial charge in [-0.05, 0) is 38.1 Å². The lowest BCUT2D eigenvalue weighted by Gasteiger charge is -2.32. The average Bonchev–Trinajstić information content (AvgIpc) is 3.28. The smallest absolute Gasteiger partial charge is 0.247 e. The largest absolute Gasteiger partial charge is 0.419 e. The van der Waals surface area contributed by atoms with Crippen molar-refractivity contribution in [3.8, 4) is 11.5 Å². The van der Waals surface area contributed by atoms with Crippen LogP contribution in [0, 0.1) is 5.92 Å². The molecule has 23 heavy (non-hydrogen) atoms. The zero-order chi connectivity index (χ0) is 15.5. The molecule has 0 spiro atoms. The maximum atomic E-state index is 5.79. The Morgan fingerprint density at radius 2 is 1.74 bits per heavy atom. The van der Waals surface area contributed by atoms with Gasteiger partial charge in [0.05, 0.1) is 19.8 Å². The number of rotatable bonds is 4. The monoisotopic (exact) mass is 315 g/mol. The molecule has 2 aliphatic heterocycles. The quantitative estimate of drug-likeness (QED) is 0.863. The molecule has 0 aliphatic carbocycles. The summed E-state index contributed by atoms with van der Waals surface area (Å²) in [5.74, 6) is 1.77. The topological polar surface area (TPSA) is 60.6 Å². The fourth-order valence-corrected chi connectivity index (χ4v) is 3.24. The lowest BCUT2D eigenvalue weighted by molar-refractivity contribution is -0.0980. The summed E-state index contributed by atoms with van der Waals surface area (Å²) in [7, 11) is 0. The Morgan fingerprint density at radius 3 is 2.48 bits per heavy atom. The lowest BCUT2D eigenvalue weighted by atomic mass is 9.96. The molecule has 0 atom stereocenters. The van der Waals surface area contributed by atoms with Crippen LogP contribution in [0.25, 0.3) is 11.5 Å². The van der Waals surface area contributed by atoms with E-state index >= 15 is 0 Å². The first-order valence-corrected chi connectivity index (χ1v) is 8.22. The SMILES string of the molecule is c1ccc(-c2nnc(CN3CCC(C4OCCO4)CC3)o2)cc1. The molecule has 4 rings (SSSR count). The molecule has 0 saturated carbocycles. The second-order valence-electron chi connectivity index (χ2n) is 6.09. The van der Waals surface area contributed by atoms with Crippen LogP contribution in [0.2, 0.25) is 0 Å². The third-order valence-corrected chi connectivity index (χ3v) is 4.51. The fraction of sp³-hybridized carbons (Fsp3) is 0.529. The summed E-state index contributed by atoms with van der Waals surface area (Å²) in [5, 5.41) is 8.32. The van der Waals surface area contributed by atoms with E-state index < -0.39 is 0 Å². The second-order valence-corrected chi connectivity index (χ2v) is 6.09. The number of hydrogen-bond acceptors (Lipinski definition) is 6. The van der Waals surface area contributed by atoms with Gasteiger partial charge in [0.1, 0.15) is 0 Å². The minimum Gasteiger partial charge on any atom is -0.419 e. The van der Waals surface area contributed by atoms with Gasteiger partial charge >= 0.3 is 0 Å². The van der Waals surface area contributed by atoms with Crippen molar-refractivity contribution in [3.05, 3.63) is 36.2 Å². The zero-order valence-corrected chi connectivity index (χ0v) is 13.1. The van der Waals surface area contributed by atoms with Crippen LogP contribution in [-0.4, -0.2) is 47.7 Å². The van der Waals surface area contributed by atoms with Crippen molar-refractivity contribution in [1.82, 2.24) is 15.1 Å². The lowest BCUT2D eigenvalue weighted by Crippen LogP contribution is -2.37. The number of aromatic nitrogens is 2. The average molecular weight is 315 g/mol. The van der Waals surface area contributed by atoms with Crippen molar-refractivity contribution < 1.29 is 13.9 Å². The highest BCUT2D eigenvalue weighted by Gasteiger charge is 2.30. The van der Waals surface area contributed by atoms with Crippen LogP contribution in [0.15, 0.2) is 34.7 Å². The number of hydrogen-bond donors (Lipinski definition) is 0.